The SMILES string of the molecule is CCOc1ccccc1CN(Cc1ccco1)C(=O)NC(COc1ccccc1)c1ccc2c(c1)OCCO2. The molecule has 8 heteroatoms. The lowest BCUT2D eigenvalue weighted by Gasteiger charge is -2.28. The minimum atomic E-state index is -0.463. The number of ether oxygens (including phenoxy) is 4. The van der Waals surface area contributed by atoms with Crippen LogP contribution in [0.2, 0.25) is 0 Å². The minimum absolute atomic E-state index is 0.222. The summed E-state index contributed by atoms with van der Waals surface area (Å²) in [7, 11) is 0. The number of furan rings is 1. The maximum Gasteiger partial charge on any atom is 0.318 e. The van der Waals surface area contributed by atoms with Crippen molar-refractivity contribution >= 4 is 6.03 Å². The van der Waals surface area contributed by atoms with Gasteiger partial charge in [0.25, 0.3) is 0 Å². The van der Waals surface area contributed by atoms with Crippen LogP contribution >= 0.6 is 0 Å². The summed E-state index contributed by atoms with van der Waals surface area (Å²) in [4.78, 5) is 15.5. The third kappa shape index (κ3) is 6.84. The van der Waals surface area contributed by atoms with E-state index in [9.17, 15) is 4.79 Å². The van der Waals surface area contributed by atoms with E-state index in [0.717, 1.165) is 16.9 Å². The van der Waals surface area contributed by atoms with E-state index in [2.05, 4.69) is 5.32 Å². The van der Waals surface area contributed by atoms with Crippen LogP contribution in [-0.4, -0.2) is 37.4 Å². The lowest BCUT2D eigenvalue weighted by atomic mass is 10.1. The Kier molecular flexibility index (Phi) is 8.53. The van der Waals surface area contributed by atoms with Crippen molar-refractivity contribution in [1.29, 1.82) is 0 Å². The number of nitrogens with zero attached hydrogens (tertiary/aromatic N) is 1. The van der Waals surface area contributed by atoms with Crippen LogP contribution < -0.4 is 24.3 Å². The van der Waals surface area contributed by atoms with Gasteiger partial charge in [-0.3, -0.25) is 0 Å². The zero-order chi connectivity index (χ0) is 26.9. The Bertz CT molecular complexity index is 1340. The van der Waals surface area contributed by atoms with Crippen molar-refractivity contribution in [3.8, 4) is 23.0 Å². The Hall–Kier alpha value is -4.59. The molecule has 0 fully saturated rings. The number of para-hydroxylation sites is 2. The van der Waals surface area contributed by atoms with Crippen LogP contribution in [0.4, 0.5) is 4.79 Å². The first-order valence-electron chi connectivity index (χ1n) is 13.1. The average Bonchev–Trinajstić information content (AvgIpc) is 3.49. The second-order valence-corrected chi connectivity index (χ2v) is 9.01. The summed E-state index contributed by atoms with van der Waals surface area (Å²) in [6.07, 6.45) is 1.60. The molecule has 39 heavy (non-hydrogen) atoms. The van der Waals surface area contributed by atoms with E-state index in [1.54, 1.807) is 11.2 Å². The maximum atomic E-state index is 13.8. The molecule has 0 saturated carbocycles. The number of benzene rings is 3. The molecule has 2 heterocycles. The summed E-state index contributed by atoms with van der Waals surface area (Å²) >= 11 is 0. The van der Waals surface area contributed by atoms with E-state index in [-0.39, 0.29) is 19.2 Å². The molecule has 2 amide bonds. The fourth-order valence-corrected chi connectivity index (χ4v) is 4.36. The Morgan fingerprint density at radius 2 is 1.69 bits per heavy atom. The van der Waals surface area contributed by atoms with Crippen molar-refractivity contribution in [3.63, 3.8) is 0 Å². The van der Waals surface area contributed by atoms with Crippen molar-refractivity contribution in [2.24, 2.45) is 0 Å². The third-order valence-electron chi connectivity index (χ3n) is 6.27. The summed E-state index contributed by atoms with van der Waals surface area (Å²) in [5.41, 5.74) is 1.74. The summed E-state index contributed by atoms with van der Waals surface area (Å²) < 4.78 is 29.0. The summed E-state index contributed by atoms with van der Waals surface area (Å²) in [5, 5.41) is 3.18. The highest BCUT2D eigenvalue weighted by atomic mass is 16.6. The van der Waals surface area contributed by atoms with Gasteiger partial charge >= 0.3 is 6.03 Å². The Morgan fingerprint density at radius 1 is 0.897 bits per heavy atom. The molecule has 4 aromatic rings. The van der Waals surface area contributed by atoms with Crippen molar-refractivity contribution in [1.82, 2.24) is 10.2 Å². The Morgan fingerprint density at radius 3 is 2.49 bits per heavy atom. The minimum Gasteiger partial charge on any atom is -0.494 e. The van der Waals surface area contributed by atoms with Crippen LogP contribution in [0.3, 0.4) is 0 Å². The maximum absolute atomic E-state index is 13.8. The van der Waals surface area contributed by atoms with Gasteiger partial charge in [-0.15, -0.1) is 0 Å². The second kappa shape index (κ2) is 12.8. The van der Waals surface area contributed by atoms with E-state index < -0.39 is 6.04 Å². The highest BCUT2D eigenvalue weighted by molar-refractivity contribution is 5.75. The zero-order valence-corrected chi connectivity index (χ0v) is 21.9. The summed E-state index contributed by atoms with van der Waals surface area (Å²) in [6, 6.07) is 25.9. The smallest absolute Gasteiger partial charge is 0.318 e. The van der Waals surface area contributed by atoms with Crippen LogP contribution in [0.1, 0.15) is 29.9 Å². The number of hydrogen-bond acceptors (Lipinski definition) is 6. The van der Waals surface area contributed by atoms with Crippen molar-refractivity contribution in [2.75, 3.05) is 26.4 Å². The molecule has 1 N–H and O–H groups in total. The first kappa shape index (κ1) is 26.0. The van der Waals surface area contributed by atoms with E-state index in [1.165, 1.54) is 0 Å². The monoisotopic (exact) mass is 528 g/mol. The predicted octanol–water partition coefficient (Wildman–Crippen LogP) is 5.98. The van der Waals surface area contributed by atoms with E-state index in [4.69, 9.17) is 23.4 Å². The van der Waals surface area contributed by atoms with Crippen molar-refractivity contribution in [2.45, 2.75) is 26.1 Å². The zero-order valence-electron chi connectivity index (χ0n) is 21.9. The van der Waals surface area contributed by atoms with E-state index >= 15 is 0 Å². The number of carbonyl (C=O) groups is 1. The van der Waals surface area contributed by atoms with Gasteiger partial charge in [0.15, 0.2) is 11.5 Å². The first-order chi connectivity index (χ1) is 19.2. The van der Waals surface area contributed by atoms with Crippen molar-refractivity contribution in [3.05, 3.63) is 108 Å². The van der Waals surface area contributed by atoms with Gasteiger partial charge in [-0.1, -0.05) is 42.5 Å². The molecule has 0 bridgehead atoms. The van der Waals surface area contributed by atoms with Gasteiger partial charge in [0.1, 0.15) is 37.1 Å². The molecule has 5 rings (SSSR count). The summed E-state index contributed by atoms with van der Waals surface area (Å²) in [6.45, 7) is 4.29. The van der Waals surface area contributed by atoms with Crippen LogP contribution in [-0.2, 0) is 13.1 Å². The first-order valence-corrected chi connectivity index (χ1v) is 13.1. The number of urea groups is 1. The molecular formula is C31H32N2O6. The van der Waals surface area contributed by atoms with Gasteiger partial charge in [0.05, 0.1) is 32.0 Å². The van der Waals surface area contributed by atoms with Crippen LogP contribution in [0, 0.1) is 0 Å². The topological polar surface area (TPSA) is 82.4 Å². The quantitative estimate of drug-likeness (QED) is 0.258. The normalized spacial score (nSPS) is 12.8. The number of hydrogen-bond donors (Lipinski definition) is 1. The van der Waals surface area contributed by atoms with Crippen molar-refractivity contribution < 1.29 is 28.2 Å². The lowest BCUT2D eigenvalue weighted by Crippen LogP contribution is -2.42. The van der Waals surface area contributed by atoms with Crippen LogP contribution in [0.5, 0.6) is 23.0 Å². The molecule has 202 valence electrons. The van der Waals surface area contributed by atoms with Gasteiger partial charge in [-0.05, 0) is 55.0 Å². The molecule has 1 aliphatic rings. The summed E-state index contributed by atoms with van der Waals surface area (Å²) in [5.74, 6) is 3.47. The molecular weight excluding hydrogens is 496 g/mol. The van der Waals surface area contributed by atoms with Crippen LogP contribution in [0.25, 0.3) is 0 Å². The molecule has 1 aliphatic heterocycles. The van der Waals surface area contributed by atoms with Gasteiger partial charge in [0, 0.05) is 5.56 Å². The highest BCUT2D eigenvalue weighted by Gasteiger charge is 2.24. The Balaban J connectivity index is 1.40. The van der Waals surface area contributed by atoms with Gasteiger partial charge < -0.3 is 33.6 Å². The number of amides is 2. The fourth-order valence-electron chi connectivity index (χ4n) is 4.36. The number of carbonyl (C=O) groups excluding carboxylic acids is 1. The number of nitrogens with one attached hydrogen (secondary N) is 1. The molecule has 1 atom stereocenters. The van der Waals surface area contributed by atoms with Gasteiger partial charge in [-0.25, -0.2) is 4.79 Å². The third-order valence-corrected chi connectivity index (χ3v) is 6.27. The molecule has 8 nitrogen and oxygen atoms in total. The molecule has 0 radical (unpaired) electrons. The second-order valence-electron chi connectivity index (χ2n) is 9.01. The van der Waals surface area contributed by atoms with Gasteiger partial charge in [-0.2, -0.15) is 0 Å². The molecule has 0 aliphatic carbocycles. The number of rotatable bonds is 11. The predicted molar refractivity (Wildman–Crippen MR) is 146 cm³/mol. The van der Waals surface area contributed by atoms with Gasteiger partial charge in [0.2, 0.25) is 0 Å². The molecule has 3 aromatic carbocycles. The van der Waals surface area contributed by atoms with Crippen LogP contribution in [0.15, 0.2) is 95.6 Å². The number of fused-ring (bicyclic) bond motifs is 1. The Labute approximate surface area is 228 Å². The standard InChI is InChI=1S/C31H32N2O6/c1-2-35-28-13-7-6-9-24(28)20-33(21-26-12-8-16-36-26)31(34)32-27(22-39-25-10-4-3-5-11-25)23-14-15-29-30(19-23)38-18-17-37-29/h3-16,19,27H,2,17-18,20-22H2,1H3,(H,32,34). The molecule has 0 saturated heterocycles. The average molecular weight is 529 g/mol. The van der Waals surface area contributed by atoms with E-state index in [0.29, 0.717) is 49.4 Å². The fraction of sp³-hybridized carbons (Fsp3) is 0.258. The van der Waals surface area contributed by atoms with E-state index in [1.807, 2.05) is 91.9 Å². The molecule has 0 spiro atoms. The molecule has 1 aromatic heterocycles. The molecule has 1 unspecified atom stereocenters. The highest BCUT2D eigenvalue weighted by Crippen LogP contribution is 2.33. The largest absolute Gasteiger partial charge is 0.494 e. The lowest BCUT2D eigenvalue weighted by molar-refractivity contribution is 0.169.